The van der Waals surface area contributed by atoms with E-state index in [0.717, 1.165) is 75.8 Å². The Balaban J connectivity index is 0.00000341. The number of aliphatic imine (C=N–C) groups is 1. The minimum absolute atomic E-state index is 0. The van der Waals surface area contributed by atoms with E-state index < -0.39 is 0 Å². The van der Waals surface area contributed by atoms with Gasteiger partial charge in [0.2, 0.25) is 0 Å². The minimum atomic E-state index is 0. The van der Waals surface area contributed by atoms with Crippen LogP contribution in [0.1, 0.15) is 38.3 Å². The molecule has 0 bridgehead atoms. The molecule has 1 aromatic heterocycles. The summed E-state index contributed by atoms with van der Waals surface area (Å²) in [6.07, 6.45) is 4.16. The van der Waals surface area contributed by atoms with Gasteiger partial charge in [-0.2, -0.15) is 0 Å². The molecule has 7 heteroatoms. The molecule has 0 aliphatic carbocycles. The number of pyridine rings is 1. The average Bonchev–Trinajstić information content (AvgIpc) is 2.76. The number of para-hydroxylation sites is 1. The predicted molar refractivity (Wildman–Crippen MR) is 138 cm³/mol. The molecule has 1 N–H and O–H groups in total. The largest absolute Gasteiger partial charge is 0.490 e. The summed E-state index contributed by atoms with van der Waals surface area (Å²) < 4.78 is 7.94. The monoisotopic (exact) mass is 538 g/mol. The summed E-state index contributed by atoms with van der Waals surface area (Å²) in [7, 11) is 0. The molecule has 2 heterocycles. The molecule has 0 spiro atoms. The second kappa shape index (κ2) is 13.4. The molecule has 1 aromatic carbocycles. The zero-order valence-corrected chi connectivity index (χ0v) is 21.0. The van der Waals surface area contributed by atoms with E-state index in [1.54, 1.807) is 6.07 Å². The highest BCUT2D eigenvalue weighted by atomic mass is 127. The molecule has 0 unspecified atom stereocenters. The lowest BCUT2D eigenvalue weighted by molar-refractivity contribution is 0.129. The highest BCUT2D eigenvalue weighted by Crippen LogP contribution is 2.18. The van der Waals surface area contributed by atoms with Crippen LogP contribution in [0.15, 0.2) is 58.3 Å². The summed E-state index contributed by atoms with van der Waals surface area (Å²) in [6, 6.07) is 15.5. The Kier molecular flexibility index (Phi) is 10.9. The Morgan fingerprint density at radius 1 is 1.10 bits per heavy atom. The Bertz CT molecular complexity index is 861. The number of likely N-dealkylation sites (tertiary alicyclic amines) is 1. The van der Waals surface area contributed by atoms with Crippen LogP contribution in [0.5, 0.6) is 5.75 Å². The molecule has 1 aliphatic rings. The maximum absolute atomic E-state index is 12.0. The number of ether oxygens (including phenoxy) is 1. The first-order valence-electron chi connectivity index (χ1n) is 11.1. The molecule has 0 saturated carbocycles. The van der Waals surface area contributed by atoms with E-state index in [1.807, 2.05) is 54.0 Å². The van der Waals surface area contributed by atoms with Crippen LogP contribution in [-0.2, 0) is 6.54 Å². The number of nitrogens with zero attached hydrogens (tertiary/aromatic N) is 3. The van der Waals surface area contributed by atoms with Gasteiger partial charge in [0.05, 0.1) is 0 Å². The predicted octanol–water partition coefficient (Wildman–Crippen LogP) is 4.06. The second-order valence-electron chi connectivity index (χ2n) is 7.72. The Morgan fingerprint density at radius 2 is 1.84 bits per heavy atom. The Hall–Kier alpha value is -2.03. The maximum atomic E-state index is 12.0. The van der Waals surface area contributed by atoms with Gasteiger partial charge in [0, 0.05) is 57.3 Å². The van der Waals surface area contributed by atoms with Crippen molar-refractivity contribution < 1.29 is 4.74 Å². The topological polar surface area (TPSA) is 58.9 Å². The zero-order chi connectivity index (χ0) is 21.2. The van der Waals surface area contributed by atoms with Crippen LogP contribution in [0, 0.1) is 6.92 Å². The van der Waals surface area contributed by atoms with Crippen LogP contribution in [0.4, 0.5) is 0 Å². The summed E-state index contributed by atoms with van der Waals surface area (Å²) >= 11 is 0. The first kappa shape index (κ1) is 25.2. The fourth-order valence-electron chi connectivity index (χ4n) is 3.78. The lowest BCUT2D eigenvalue weighted by Gasteiger charge is -2.34. The molecule has 1 saturated heterocycles. The number of halogens is 1. The third-order valence-corrected chi connectivity index (χ3v) is 5.44. The lowest BCUT2D eigenvalue weighted by Crippen LogP contribution is -2.47. The fraction of sp³-hybridized carbons (Fsp3) is 0.500. The highest BCUT2D eigenvalue weighted by Gasteiger charge is 2.22. The number of aromatic nitrogens is 1. The van der Waals surface area contributed by atoms with Crippen LogP contribution in [0.25, 0.3) is 0 Å². The third-order valence-electron chi connectivity index (χ3n) is 5.44. The molecule has 0 radical (unpaired) electrons. The van der Waals surface area contributed by atoms with Crippen molar-refractivity contribution in [2.24, 2.45) is 4.99 Å². The third kappa shape index (κ3) is 7.87. The molecule has 31 heavy (non-hydrogen) atoms. The Labute approximate surface area is 202 Å². The van der Waals surface area contributed by atoms with Crippen molar-refractivity contribution in [1.82, 2.24) is 14.8 Å². The zero-order valence-electron chi connectivity index (χ0n) is 18.6. The number of rotatable bonds is 8. The molecule has 0 atom stereocenters. The first-order chi connectivity index (χ1) is 14.7. The van der Waals surface area contributed by atoms with Crippen molar-refractivity contribution >= 4 is 29.9 Å². The number of aryl methyl sites for hydroxylation is 1. The molecule has 2 aromatic rings. The van der Waals surface area contributed by atoms with Crippen molar-refractivity contribution in [3.8, 4) is 5.75 Å². The number of piperidine rings is 1. The van der Waals surface area contributed by atoms with Gasteiger partial charge in [-0.3, -0.25) is 9.79 Å². The number of guanidine groups is 1. The molecular weight excluding hydrogens is 503 g/mol. The summed E-state index contributed by atoms with van der Waals surface area (Å²) in [5, 5.41) is 3.42. The van der Waals surface area contributed by atoms with E-state index in [4.69, 9.17) is 9.73 Å². The number of hydrogen-bond acceptors (Lipinski definition) is 3. The van der Waals surface area contributed by atoms with Gasteiger partial charge in [-0.25, -0.2) is 0 Å². The molecule has 6 nitrogen and oxygen atoms in total. The van der Waals surface area contributed by atoms with Gasteiger partial charge in [-0.15, -0.1) is 24.0 Å². The molecule has 3 rings (SSSR count). The van der Waals surface area contributed by atoms with Crippen molar-refractivity contribution in [3.05, 3.63) is 64.6 Å². The molecule has 170 valence electrons. The van der Waals surface area contributed by atoms with E-state index in [9.17, 15) is 4.79 Å². The van der Waals surface area contributed by atoms with Gasteiger partial charge >= 0.3 is 0 Å². The van der Waals surface area contributed by atoms with Crippen LogP contribution < -0.4 is 15.6 Å². The quantitative estimate of drug-likeness (QED) is 0.239. The Morgan fingerprint density at radius 3 is 2.52 bits per heavy atom. The minimum Gasteiger partial charge on any atom is -0.490 e. The first-order valence-corrected chi connectivity index (χ1v) is 11.1. The standard InChI is InChI=1S/C24H34N4O2.HI/c1-3-25-24(26-16-7-8-17-28-20(2)10-9-13-23(28)29)27-18-14-22(15-19-27)30-21-11-5-4-6-12-21;/h4-6,9-13,22H,3,7-8,14-19H2,1-2H3,(H,25,26);1H. The van der Waals surface area contributed by atoms with E-state index in [1.165, 1.54) is 0 Å². The average molecular weight is 538 g/mol. The van der Waals surface area contributed by atoms with Gasteiger partial charge in [-0.1, -0.05) is 24.3 Å². The van der Waals surface area contributed by atoms with Crippen molar-refractivity contribution in [3.63, 3.8) is 0 Å². The van der Waals surface area contributed by atoms with Crippen molar-refractivity contribution in [2.75, 3.05) is 26.2 Å². The SMILES string of the molecule is CCNC(=NCCCCn1c(C)cccc1=O)N1CCC(Oc2ccccc2)CC1.I. The van der Waals surface area contributed by atoms with E-state index >= 15 is 0 Å². The van der Waals surface area contributed by atoms with E-state index in [2.05, 4.69) is 17.1 Å². The molecule has 1 fully saturated rings. The van der Waals surface area contributed by atoms with Crippen LogP contribution in [0.3, 0.4) is 0 Å². The highest BCUT2D eigenvalue weighted by molar-refractivity contribution is 14.0. The van der Waals surface area contributed by atoms with Gasteiger partial charge in [0.25, 0.3) is 5.56 Å². The summed E-state index contributed by atoms with van der Waals surface area (Å²) in [5.74, 6) is 1.94. The van der Waals surface area contributed by atoms with Gasteiger partial charge < -0.3 is 19.5 Å². The van der Waals surface area contributed by atoms with Crippen molar-refractivity contribution in [1.29, 1.82) is 0 Å². The second-order valence-corrected chi connectivity index (χ2v) is 7.72. The molecule has 0 amide bonds. The van der Waals surface area contributed by atoms with Crippen LogP contribution in [0.2, 0.25) is 0 Å². The molecular formula is C24H35IN4O2. The van der Waals surface area contributed by atoms with Crippen LogP contribution >= 0.6 is 24.0 Å². The van der Waals surface area contributed by atoms with Crippen molar-refractivity contribution in [2.45, 2.75) is 52.2 Å². The number of hydrogen-bond donors (Lipinski definition) is 1. The van der Waals surface area contributed by atoms with Gasteiger partial charge in [0.1, 0.15) is 11.9 Å². The van der Waals surface area contributed by atoms with E-state index in [-0.39, 0.29) is 35.6 Å². The summed E-state index contributed by atoms with van der Waals surface area (Å²) in [5.41, 5.74) is 1.09. The van der Waals surface area contributed by atoms with Crippen LogP contribution in [-0.4, -0.2) is 47.7 Å². The van der Waals surface area contributed by atoms with E-state index in [0.29, 0.717) is 0 Å². The van der Waals surface area contributed by atoms with Gasteiger partial charge in [-0.05, 0) is 44.9 Å². The molecule has 1 aliphatic heterocycles. The summed E-state index contributed by atoms with van der Waals surface area (Å²) in [4.78, 5) is 19.1. The number of unbranched alkanes of at least 4 members (excludes halogenated alkanes) is 1. The normalized spacial score (nSPS) is 14.8. The lowest BCUT2D eigenvalue weighted by atomic mass is 10.1. The number of benzene rings is 1. The van der Waals surface area contributed by atoms with Gasteiger partial charge in [0.15, 0.2) is 5.96 Å². The summed E-state index contributed by atoms with van der Waals surface area (Å²) in [6.45, 7) is 8.35. The number of nitrogens with one attached hydrogen (secondary N) is 1. The fourth-order valence-corrected chi connectivity index (χ4v) is 3.78. The maximum Gasteiger partial charge on any atom is 0.250 e. The smallest absolute Gasteiger partial charge is 0.250 e.